The first-order valence-corrected chi connectivity index (χ1v) is 10.1. The number of ether oxygens (including phenoxy) is 2. The van der Waals surface area contributed by atoms with Gasteiger partial charge in [0.2, 0.25) is 0 Å². The van der Waals surface area contributed by atoms with Gasteiger partial charge in [-0.25, -0.2) is 4.98 Å². The van der Waals surface area contributed by atoms with Gasteiger partial charge in [-0.05, 0) is 36.7 Å². The molecule has 0 saturated carbocycles. The van der Waals surface area contributed by atoms with Crippen molar-refractivity contribution in [2.45, 2.75) is 25.1 Å². The summed E-state index contributed by atoms with van der Waals surface area (Å²) in [6.45, 7) is 1.36. The molecule has 0 spiro atoms. The van der Waals surface area contributed by atoms with Crippen molar-refractivity contribution in [3.63, 3.8) is 0 Å². The summed E-state index contributed by atoms with van der Waals surface area (Å²) < 4.78 is 23.3. The van der Waals surface area contributed by atoms with Gasteiger partial charge in [0.05, 0.1) is 0 Å². The van der Waals surface area contributed by atoms with Crippen LogP contribution in [0.25, 0.3) is 0 Å². The van der Waals surface area contributed by atoms with E-state index < -0.39 is 10.8 Å². The van der Waals surface area contributed by atoms with E-state index in [1.54, 1.807) is 6.20 Å². The Morgan fingerprint density at radius 1 is 1.28 bits per heavy atom. The molecule has 2 aliphatic heterocycles. The Morgan fingerprint density at radius 2 is 2.12 bits per heavy atom. The van der Waals surface area contributed by atoms with E-state index in [1.165, 1.54) is 5.56 Å². The molecule has 132 valence electrons. The fraction of sp³-hybridized carbons (Fsp3) is 0.421. The summed E-state index contributed by atoms with van der Waals surface area (Å²) in [5.41, 5.74) is 2.34. The molecule has 25 heavy (non-hydrogen) atoms. The highest BCUT2D eigenvalue weighted by Crippen LogP contribution is 2.34. The third-order valence-electron chi connectivity index (χ3n) is 4.84. The summed E-state index contributed by atoms with van der Waals surface area (Å²) in [6.07, 6.45) is 2.60. The monoisotopic (exact) mass is 358 g/mol. The largest absolute Gasteiger partial charge is 0.484 e. The highest BCUT2D eigenvalue weighted by atomic mass is 32.2. The van der Waals surface area contributed by atoms with Crippen LogP contribution in [0.2, 0.25) is 0 Å². The lowest BCUT2D eigenvalue weighted by molar-refractivity contribution is 0.0851. The van der Waals surface area contributed by atoms with Gasteiger partial charge in [0.25, 0.3) is 5.88 Å². The highest BCUT2D eigenvalue weighted by Gasteiger charge is 2.25. The summed E-state index contributed by atoms with van der Waals surface area (Å²) in [7, 11) is 1.48. The summed E-state index contributed by atoms with van der Waals surface area (Å²) in [4.78, 5) is 6.53. The number of hydrogen-bond acceptors (Lipinski definition) is 5. The molecule has 3 atom stereocenters. The second kappa shape index (κ2) is 7.14. The molecule has 3 heterocycles. The molecule has 1 fully saturated rings. The first-order chi connectivity index (χ1) is 12.2. The van der Waals surface area contributed by atoms with Crippen LogP contribution in [0.5, 0.6) is 11.6 Å². The minimum Gasteiger partial charge on any atom is -0.484 e. The van der Waals surface area contributed by atoms with Gasteiger partial charge in [0.1, 0.15) is 6.61 Å². The summed E-state index contributed by atoms with van der Waals surface area (Å²) in [5.74, 6) is 2.89. The van der Waals surface area contributed by atoms with Crippen molar-refractivity contribution in [3.05, 3.63) is 53.7 Å². The fourth-order valence-corrected chi connectivity index (χ4v) is 4.88. The highest BCUT2D eigenvalue weighted by molar-refractivity contribution is 7.85. The van der Waals surface area contributed by atoms with Crippen LogP contribution < -0.4 is 9.47 Å². The van der Waals surface area contributed by atoms with Crippen LogP contribution in [0.15, 0.2) is 42.6 Å². The number of aromatic nitrogens is 1. The minimum atomic E-state index is -0.635. The lowest BCUT2D eigenvalue weighted by Gasteiger charge is -2.26. The van der Waals surface area contributed by atoms with Crippen molar-refractivity contribution in [3.8, 4) is 11.6 Å². The van der Waals surface area contributed by atoms with Gasteiger partial charge in [-0.1, -0.05) is 24.3 Å². The Kier molecular flexibility index (Phi) is 4.72. The van der Waals surface area contributed by atoms with Crippen molar-refractivity contribution in [2.75, 3.05) is 25.2 Å². The predicted molar refractivity (Wildman–Crippen MR) is 97.3 cm³/mol. The zero-order valence-electron chi connectivity index (χ0n) is 14.3. The van der Waals surface area contributed by atoms with Crippen molar-refractivity contribution >= 4 is 10.8 Å². The summed E-state index contributed by atoms with van der Waals surface area (Å²) >= 11 is 0. The molecule has 4 rings (SSSR count). The molecule has 0 amide bonds. The van der Waals surface area contributed by atoms with Gasteiger partial charge in [0.15, 0.2) is 11.9 Å². The molecule has 2 aliphatic rings. The molecule has 1 saturated heterocycles. The Morgan fingerprint density at radius 3 is 2.88 bits per heavy atom. The third kappa shape index (κ3) is 3.70. The number of nitrogens with zero attached hydrogens (tertiary/aromatic N) is 2. The molecule has 2 unspecified atom stereocenters. The number of rotatable bonds is 4. The Bertz CT molecular complexity index is 766. The maximum Gasteiger partial charge on any atom is 0.257 e. The van der Waals surface area contributed by atoms with E-state index in [9.17, 15) is 4.21 Å². The molecule has 0 N–H and O–H groups in total. The topological polar surface area (TPSA) is 51.7 Å². The number of benzene rings is 1. The molecule has 2 aromatic rings. The van der Waals surface area contributed by atoms with Crippen LogP contribution in [0.4, 0.5) is 0 Å². The Hall–Kier alpha value is -1.92. The number of pyridine rings is 1. The zero-order chi connectivity index (χ0) is 17.2. The normalized spacial score (nSPS) is 25.3. The molecule has 0 radical (unpaired) electrons. The molecular formula is C19H22N2O3S. The van der Waals surface area contributed by atoms with Crippen LogP contribution in [0, 0.1) is 0 Å². The lowest BCUT2D eigenvalue weighted by Crippen LogP contribution is -2.31. The standard InChI is InChI=1S/C19H22N2O3S/c1-21(16-8-10-25(22)13-16)11-14-4-6-15(7-5-14)18-12-23-17-3-2-9-20-19(17)24-18/h2-7,9,16,18H,8,10-13H2,1H3/t16?,18-,25?/m1/s1. The Balaban J connectivity index is 1.40. The minimum absolute atomic E-state index is 0.133. The summed E-state index contributed by atoms with van der Waals surface area (Å²) in [6, 6.07) is 12.6. The van der Waals surface area contributed by atoms with E-state index in [4.69, 9.17) is 9.47 Å². The maximum absolute atomic E-state index is 11.6. The maximum atomic E-state index is 11.6. The molecule has 5 nitrogen and oxygen atoms in total. The SMILES string of the molecule is CN(Cc1ccc([C@H]2COc3cccnc3O2)cc1)C1CCS(=O)C1. The van der Waals surface area contributed by atoms with E-state index in [-0.39, 0.29) is 6.10 Å². The van der Waals surface area contributed by atoms with Gasteiger partial charge < -0.3 is 9.47 Å². The van der Waals surface area contributed by atoms with E-state index in [0.717, 1.165) is 30.0 Å². The van der Waals surface area contributed by atoms with Crippen molar-refractivity contribution in [2.24, 2.45) is 0 Å². The van der Waals surface area contributed by atoms with Gasteiger partial charge in [-0.2, -0.15) is 0 Å². The van der Waals surface area contributed by atoms with E-state index >= 15 is 0 Å². The molecule has 6 heteroatoms. The van der Waals surface area contributed by atoms with Crippen molar-refractivity contribution in [1.29, 1.82) is 0 Å². The lowest BCUT2D eigenvalue weighted by atomic mass is 10.1. The van der Waals surface area contributed by atoms with Crippen LogP contribution >= 0.6 is 0 Å². The van der Waals surface area contributed by atoms with Gasteiger partial charge >= 0.3 is 0 Å². The summed E-state index contributed by atoms with van der Waals surface area (Å²) in [5, 5.41) is 0. The Labute approximate surface area is 150 Å². The second-order valence-corrected chi connectivity index (χ2v) is 8.26. The predicted octanol–water partition coefficient (Wildman–Crippen LogP) is 2.55. The molecule has 1 aromatic heterocycles. The number of hydrogen-bond donors (Lipinski definition) is 0. The third-order valence-corrected chi connectivity index (χ3v) is 6.29. The number of fused-ring (bicyclic) bond motifs is 1. The van der Waals surface area contributed by atoms with Crippen LogP contribution in [-0.2, 0) is 17.3 Å². The quantitative estimate of drug-likeness (QED) is 0.841. The van der Waals surface area contributed by atoms with Gasteiger partial charge in [0, 0.05) is 41.1 Å². The van der Waals surface area contributed by atoms with Crippen molar-refractivity contribution < 1.29 is 13.7 Å². The van der Waals surface area contributed by atoms with Gasteiger partial charge in [-0.3, -0.25) is 9.11 Å². The second-order valence-electron chi connectivity index (χ2n) is 6.63. The van der Waals surface area contributed by atoms with E-state index in [2.05, 4.69) is 41.2 Å². The molecule has 0 bridgehead atoms. The van der Waals surface area contributed by atoms with Crippen LogP contribution in [0.3, 0.4) is 0 Å². The average molecular weight is 358 g/mol. The smallest absolute Gasteiger partial charge is 0.257 e. The van der Waals surface area contributed by atoms with Crippen molar-refractivity contribution in [1.82, 2.24) is 9.88 Å². The van der Waals surface area contributed by atoms with Crippen LogP contribution in [0.1, 0.15) is 23.7 Å². The molecule has 1 aromatic carbocycles. The van der Waals surface area contributed by atoms with Gasteiger partial charge in [-0.15, -0.1) is 0 Å². The molecular weight excluding hydrogens is 336 g/mol. The molecule has 0 aliphatic carbocycles. The van der Waals surface area contributed by atoms with E-state index in [0.29, 0.717) is 24.3 Å². The van der Waals surface area contributed by atoms with Crippen LogP contribution in [-0.4, -0.2) is 45.3 Å². The first kappa shape index (κ1) is 16.5. The zero-order valence-corrected chi connectivity index (χ0v) is 15.1. The first-order valence-electron chi connectivity index (χ1n) is 8.57. The van der Waals surface area contributed by atoms with E-state index in [1.807, 2.05) is 12.1 Å². The average Bonchev–Trinajstić information content (AvgIpc) is 3.08. The fourth-order valence-electron chi connectivity index (χ4n) is 3.32.